The molecule has 1 aromatic carbocycles. The van der Waals surface area contributed by atoms with E-state index in [1.807, 2.05) is 0 Å². The molecule has 0 unspecified atom stereocenters. The second-order valence-corrected chi connectivity index (χ2v) is 6.68. The van der Waals surface area contributed by atoms with Gasteiger partial charge in [0.05, 0.1) is 29.6 Å². The fraction of sp³-hybridized carbons (Fsp3) is 0.278. The van der Waals surface area contributed by atoms with E-state index in [1.165, 1.54) is 0 Å². The second kappa shape index (κ2) is 7.51. The number of carboxylic acid groups (broad SMARTS) is 1. The summed E-state index contributed by atoms with van der Waals surface area (Å²) in [5.41, 5.74) is -2.13. The molecule has 0 aliphatic carbocycles. The Kier molecular flexibility index (Phi) is 5.53. The summed E-state index contributed by atoms with van der Waals surface area (Å²) >= 11 is 0. The third-order valence-electron chi connectivity index (χ3n) is 3.46. The molecule has 3 amide bonds. The Labute approximate surface area is 159 Å². The second-order valence-electron chi connectivity index (χ2n) is 6.68. The van der Waals surface area contributed by atoms with Crippen LogP contribution in [0.5, 0.6) is 0 Å². The number of aromatic carboxylic acids is 1. The van der Waals surface area contributed by atoms with Gasteiger partial charge in [0.2, 0.25) is 0 Å². The third kappa shape index (κ3) is 4.34. The van der Waals surface area contributed by atoms with Gasteiger partial charge in [0.1, 0.15) is 5.60 Å². The van der Waals surface area contributed by atoms with Gasteiger partial charge in [-0.2, -0.15) is 0 Å². The molecular formula is C18H18N2O8. The van der Waals surface area contributed by atoms with Crippen LogP contribution < -0.4 is 10.2 Å². The van der Waals surface area contributed by atoms with Crippen molar-refractivity contribution in [2.24, 2.45) is 0 Å². The molecule has 1 aromatic rings. The molecule has 28 heavy (non-hydrogen) atoms. The van der Waals surface area contributed by atoms with E-state index in [1.54, 1.807) is 20.8 Å². The first kappa shape index (κ1) is 20.6. The van der Waals surface area contributed by atoms with Crippen LogP contribution in [0, 0.1) is 0 Å². The maximum Gasteiger partial charge on any atom is 0.412 e. The highest BCUT2D eigenvalue weighted by atomic mass is 16.6. The zero-order chi connectivity index (χ0) is 21.2. The molecule has 0 saturated heterocycles. The van der Waals surface area contributed by atoms with Gasteiger partial charge in [-0.05, 0) is 32.9 Å². The summed E-state index contributed by atoms with van der Waals surface area (Å²) in [5.74, 6) is -3.94. The van der Waals surface area contributed by atoms with Crippen molar-refractivity contribution < 1.29 is 38.6 Å². The predicted octanol–water partition coefficient (Wildman–Crippen LogP) is 1.95. The fourth-order valence-corrected chi connectivity index (χ4v) is 2.38. The number of methoxy groups -OCH3 is 1. The number of benzene rings is 1. The third-order valence-corrected chi connectivity index (χ3v) is 3.46. The lowest BCUT2D eigenvalue weighted by molar-refractivity contribution is -0.120. The van der Waals surface area contributed by atoms with Crippen molar-refractivity contribution in [1.82, 2.24) is 0 Å². The predicted molar refractivity (Wildman–Crippen MR) is 96.2 cm³/mol. The van der Waals surface area contributed by atoms with Crippen LogP contribution in [0.25, 0.3) is 0 Å². The Morgan fingerprint density at radius 2 is 1.61 bits per heavy atom. The number of anilines is 2. The van der Waals surface area contributed by atoms with Crippen molar-refractivity contribution in [3.63, 3.8) is 0 Å². The van der Waals surface area contributed by atoms with E-state index in [2.05, 4.69) is 10.1 Å². The quantitative estimate of drug-likeness (QED) is 0.587. The average molecular weight is 390 g/mol. The minimum atomic E-state index is -1.48. The van der Waals surface area contributed by atoms with E-state index in [9.17, 15) is 29.1 Å². The standard InChI is InChI=1S/C18H18N2O8/c1-18(2,3)28-17(26)19-11-7-10(15(23)24)12(8-9(11)16(25)27-4)20-13(21)5-6-14(20)22/h5-8H,1-4H3,(H,19,26)(H,23,24). The van der Waals surface area contributed by atoms with Crippen LogP contribution in [0.15, 0.2) is 24.3 Å². The van der Waals surface area contributed by atoms with Crippen molar-refractivity contribution in [3.8, 4) is 0 Å². The van der Waals surface area contributed by atoms with Gasteiger partial charge >= 0.3 is 18.0 Å². The monoisotopic (exact) mass is 390 g/mol. The number of rotatable bonds is 4. The van der Waals surface area contributed by atoms with Crippen LogP contribution in [0.1, 0.15) is 41.5 Å². The number of carboxylic acids is 1. The maximum absolute atomic E-state index is 12.1. The number of carbonyl (C=O) groups is 5. The number of nitrogens with one attached hydrogen (secondary N) is 1. The lowest BCUT2D eigenvalue weighted by Gasteiger charge is -2.22. The maximum atomic E-state index is 12.1. The number of esters is 1. The van der Waals surface area contributed by atoms with Gasteiger partial charge in [0.25, 0.3) is 11.8 Å². The summed E-state index contributed by atoms with van der Waals surface area (Å²) in [4.78, 5) is 60.4. The number of imide groups is 1. The van der Waals surface area contributed by atoms with Crippen molar-refractivity contribution >= 4 is 41.2 Å². The Hall–Kier alpha value is -3.69. The first-order chi connectivity index (χ1) is 12.9. The number of amides is 3. The van der Waals surface area contributed by atoms with Crippen LogP contribution in [0.4, 0.5) is 16.2 Å². The summed E-state index contributed by atoms with van der Waals surface area (Å²) in [6.07, 6.45) is 1.01. The van der Waals surface area contributed by atoms with E-state index in [0.717, 1.165) is 31.4 Å². The van der Waals surface area contributed by atoms with Gasteiger partial charge in [-0.25, -0.2) is 19.3 Å². The smallest absolute Gasteiger partial charge is 0.412 e. The minimum Gasteiger partial charge on any atom is -0.478 e. The summed E-state index contributed by atoms with van der Waals surface area (Å²) in [6, 6.07) is 1.94. The van der Waals surface area contributed by atoms with E-state index in [4.69, 9.17) is 4.74 Å². The van der Waals surface area contributed by atoms with Crippen LogP contribution >= 0.6 is 0 Å². The van der Waals surface area contributed by atoms with Gasteiger partial charge < -0.3 is 14.6 Å². The van der Waals surface area contributed by atoms with Crippen LogP contribution in [0.2, 0.25) is 0 Å². The molecule has 148 valence electrons. The number of ether oxygens (including phenoxy) is 2. The van der Waals surface area contributed by atoms with Crippen LogP contribution in [-0.4, -0.2) is 47.7 Å². The Bertz CT molecular complexity index is 893. The molecule has 2 N–H and O–H groups in total. The topological polar surface area (TPSA) is 139 Å². The molecule has 1 heterocycles. The van der Waals surface area contributed by atoms with Gasteiger partial charge in [-0.3, -0.25) is 14.9 Å². The Balaban J connectivity index is 2.59. The average Bonchev–Trinajstić information content (AvgIpc) is 2.90. The van der Waals surface area contributed by atoms with Gasteiger partial charge in [0, 0.05) is 12.2 Å². The summed E-state index contributed by atoms with van der Waals surface area (Å²) in [7, 11) is 1.08. The molecule has 10 nitrogen and oxygen atoms in total. The van der Waals surface area contributed by atoms with E-state index in [-0.39, 0.29) is 16.9 Å². The first-order valence-corrected chi connectivity index (χ1v) is 8.00. The van der Waals surface area contributed by atoms with E-state index >= 15 is 0 Å². The highest BCUT2D eigenvalue weighted by Crippen LogP contribution is 2.31. The van der Waals surface area contributed by atoms with E-state index < -0.39 is 41.0 Å². The molecule has 1 aliphatic rings. The van der Waals surface area contributed by atoms with Crippen molar-refractivity contribution in [1.29, 1.82) is 0 Å². The number of carbonyl (C=O) groups excluding carboxylic acids is 4. The zero-order valence-corrected chi connectivity index (χ0v) is 15.6. The lowest BCUT2D eigenvalue weighted by atomic mass is 10.0. The molecule has 0 saturated carbocycles. The number of hydrogen-bond acceptors (Lipinski definition) is 7. The first-order valence-electron chi connectivity index (χ1n) is 8.00. The van der Waals surface area contributed by atoms with Gasteiger partial charge in [0.15, 0.2) is 0 Å². The molecule has 0 fully saturated rings. The SMILES string of the molecule is COC(=O)c1cc(N2C(=O)C=CC2=O)c(C(=O)O)cc1NC(=O)OC(C)(C)C. The fourth-order valence-electron chi connectivity index (χ4n) is 2.38. The Morgan fingerprint density at radius 3 is 2.07 bits per heavy atom. The minimum absolute atomic E-state index is 0.214. The highest BCUT2D eigenvalue weighted by molar-refractivity contribution is 6.29. The summed E-state index contributed by atoms with van der Waals surface area (Å²) < 4.78 is 9.74. The molecule has 0 spiro atoms. The largest absolute Gasteiger partial charge is 0.478 e. The van der Waals surface area contributed by atoms with Gasteiger partial charge in [-0.15, -0.1) is 0 Å². The van der Waals surface area contributed by atoms with Crippen LogP contribution in [-0.2, 0) is 19.1 Å². The van der Waals surface area contributed by atoms with Crippen molar-refractivity contribution in [3.05, 3.63) is 35.4 Å². The molecule has 1 aliphatic heterocycles. The number of hydrogen-bond donors (Lipinski definition) is 2. The van der Waals surface area contributed by atoms with Gasteiger partial charge in [-0.1, -0.05) is 0 Å². The normalized spacial score (nSPS) is 13.5. The molecule has 0 bridgehead atoms. The van der Waals surface area contributed by atoms with Crippen LogP contribution in [0.3, 0.4) is 0 Å². The van der Waals surface area contributed by atoms with Crippen molar-refractivity contribution in [2.75, 3.05) is 17.3 Å². The molecular weight excluding hydrogens is 372 g/mol. The molecule has 0 aromatic heterocycles. The zero-order valence-electron chi connectivity index (χ0n) is 15.6. The summed E-state index contributed by atoms with van der Waals surface area (Å²) in [5, 5.41) is 11.8. The molecule has 0 atom stereocenters. The highest BCUT2D eigenvalue weighted by Gasteiger charge is 2.32. The van der Waals surface area contributed by atoms with Crippen molar-refractivity contribution in [2.45, 2.75) is 26.4 Å². The lowest BCUT2D eigenvalue weighted by Crippen LogP contribution is -2.32. The summed E-state index contributed by atoms with van der Waals surface area (Å²) in [6.45, 7) is 4.87. The van der Waals surface area contributed by atoms with E-state index in [0.29, 0.717) is 4.90 Å². The molecule has 0 radical (unpaired) electrons. The molecule has 2 rings (SSSR count). The molecule has 10 heteroatoms. The Morgan fingerprint density at radius 1 is 1.04 bits per heavy atom. The number of nitrogens with zero attached hydrogens (tertiary/aromatic N) is 1.